The number of nitrogens with zero attached hydrogens (tertiary/aromatic N) is 1. The fourth-order valence-corrected chi connectivity index (χ4v) is 1.82. The molecule has 4 nitrogen and oxygen atoms in total. The van der Waals surface area contributed by atoms with E-state index in [9.17, 15) is 4.79 Å². The third kappa shape index (κ3) is 4.08. The Morgan fingerprint density at radius 1 is 1.65 bits per heavy atom. The Bertz CT molecular complexity index is 454. The van der Waals surface area contributed by atoms with Crippen molar-refractivity contribution in [2.24, 2.45) is 0 Å². The van der Waals surface area contributed by atoms with Crippen LogP contribution in [-0.4, -0.2) is 17.1 Å². The molecule has 2 N–H and O–H groups in total. The minimum Gasteiger partial charge on any atom is -0.481 e. The summed E-state index contributed by atoms with van der Waals surface area (Å²) < 4.78 is 0.825. The number of nitriles is 1. The summed E-state index contributed by atoms with van der Waals surface area (Å²) in [6, 6.07) is 7.20. The van der Waals surface area contributed by atoms with Crippen LogP contribution in [-0.2, 0) is 4.79 Å². The molecule has 0 radical (unpaired) electrons. The van der Waals surface area contributed by atoms with Gasteiger partial charge in [0, 0.05) is 10.5 Å². The van der Waals surface area contributed by atoms with Crippen LogP contribution in [0.4, 0.5) is 5.69 Å². The highest BCUT2D eigenvalue weighted by Gasteiger charge is 2.12. The van der Waals surface area contributed by atoms with E-state index in [1.807, 2.05) is 13.0 Å². The molecule has 0 saturated heterocycles. The fraction of sp³-hybridized carbons (Fsp3) is 0.333. The molecular formula is C12H13BrN2O2. The Morgan fingerprint density at radius 3 is 2.88 bits per heavy atom. The zero-order valence-electron chi connectivity index (χ0n) is 9.40. The van der Waals surface area contributed by atoms with E-state index in [-0.39, 0.29) is 12.5 Å². The molecule has 0 aliphatic carbocycles. The molecule has 90 valence electrons. The number of carboxylic acids is 1. The summed E-state index contributed by atoms with van der Waals surface area (Å²) in [6.45, 7) is 1.91. The molecule has 5 heteroatoms. The van der Waals surface area contributed by atoms with Crippen molar-refractivity contribution < 1.29 is 9.90 Å². The fourth-order valence-electron chi connectivity index (χ4n) is 1.46. The maximum Gasteiger partial charge on any atom is 0.305 e. The molecule has 1 atom stereocenters. The van der Waals surface area contributed by atoms with E-state index in [1.165, 1.54) is 0 Å². The molecule has 0 amide bonds. The number of nitrogens with one attached hydrogen (secondary N) is 1. The first-order valence-electron chi connectivity index (χ1n) is 5.24. The number of carboxylic acid groups (broad SMARTS) is 1. The van der Waals surface area contributed by atoms with Crippen LogP contribution in [0.15, 0.2) is 22.7 Å². The minimum atomic E-state index is -0.847. The van der Waals surface area contributed by atoms with Gasteiger partial charge < -0.3 is 10.4 Å². The van der Waals surface area contributed by atoms with Crippen LogP contribution in [0.25, 0.3) is 0 Å². The largest absolute Gasteiger partial charge is 0.481 e. The second-order valence-electron chi connectivity index (χ2n) is 3.65. The van der Waals surface area contributed by atoms with Crippen molar-refractivity contribution in [3.8, 4) is 6.07 Å². The van der Waals surface area contributed by atoms with Gasteiger partial charge >= 0.3 is 5.97 Å². The monoisotopic (exact) mass is 296 g/mol. The van der Waals surface area contributed by atoms with Crippen molar-refractivity contribution in [1.29, 1.82) is 5.26 Å². The zero-order chi connectivity index (χ0) is 12.8. The predicted octanol–water partition coefficient (Wildman–Crippen LogP) is 2.99. The average Bonchev–Trinajstić information content (AvgIpc) is 2.29. The van der Waals surface area contributed by atoms with Gasteiger partial charge in [0.05, 0.1) is 17.7 Å². The molecule has 1 rings (SSSR count). The first-order chi connectivity index (χ1) is 8.06. The topological polar surface area (TPSA) is 73.1 Å². The number of anilines is 1. The van der Waals surface area contributed by atoms with Gasteiger partial charge in [-0.3, -0.25) is 4.79 Å². The van der Waals surface area contributed by atoms with Crippen molar-refractivity contribution in [1.82, 2.24) is 0 Å². The van der Waals surface area contributed by atoms with Crippen LogP contribution < -0.4 is 5.32 Å². The first kappa shape index (κ1) is 13.5. The number of rotatable bonds is 5. The molecule has 0 fully saturated rings. The molecular weight excluding hydrogens is 284 g/mol. The lowest BCUT2D eigenvalue weighted by atomic mass is 10.1. The Kier molecular flexibility index (Phi) is 4.98. The van der Waals surface area contributed by atoms with E-state index in [1.54, 1.807) is 12.1 Å². The van der Waals surface area contributed by atoms with Gasteiger partial charge in [0.2, 0.25) is 0 Å². The van der Waals surface area contributed by atoms with Crippen LogP contribution >= 0.6 is 15.9 Å². The molecule has 0 aromatic heterocycles. The highest BCUT2D eigenvalue weighted by Crippen LogP contribution is 2.22. The SMILES string of the molecule is CCC(CC(=O)O)Nc1ccc(Br)cc1C#N. The Balaban J connectivity index is 2.86. The maximum absolute atomic E-state index is 10.7. The normalized spacial score (nSPS) is 11.6. The van der Waals surface area contributed by atoms with Crippen LogP contribution in [0.3, 0.4) is 0 Å². The van der Waals surface area contributed by atoms with Crippen molar-refractivity contribution in [3.63, 3.8) is 0 Å². The zero-order valence-corrected chi connectivity index (χ0v) is 11.0. The van der Waals surface area contributed by atoms with Crippen molar-refractivity contribution in [3.05, 3.63) is 28.2 Å². The number of hydrogen-bond acceptors (Lipinski definition) is 3. The van der Waals surface area contributed by atoms with E-state index in [4.69, 9.17) is 10.4 Å². The van der Waals surface area contributed by atoms with E-state index >= 15 is 0 Å². The standard InChI is InChI=1S/C12H13BrN2O2/c1-2-10(6-12(16)17)15-11-4-3-9(13)5-8(11)7-14/h3-5,10,15H,2,6H2,1H3,(H,16,17). The number of benzene rings is 1. The summed E-state index contributed by atoms with van der Waals surface area (Å²) >= 11 is 3.29. The van der Waals surface area contributed by atoms with Crippen LogP contribution in [0.2, 0.25) is 0 Å². The van der Waals surface area contributed by atoms with Crippen molar-refractivity contribution >= 4 is 27.6 Å². The molecule has 0 saturated carbocycles. The van der Waals surface area contributed by atoms with E-state index < -0.39 is 5.97 Å². The summed E-state index contributed by atoms with van der Waals surface area (Å²) in [7, 11) is 0. The number of aliphatic carboxylic acids is 1. The molecule has 0 heterocycles. The van der Waals surface area contributed by atoms with Gasteiger partial charge in [-0.25, -0.2) is 0 Å². The van der Waals surface area contributed by atoms with E-state index in [0.717, 1.165) is 4.47 Å². The smallest absolute Gasteiger partial charge is 0.305 e. The average molecular weight is 297 g/mol. The highest BCUT2D eigenvalue weighted by atomic mass is 79.9. The summed E-state index contributed by atoms with van der Waals surface area (Å²) in [5.41, 5.74) is 1.17. The Morgan fingerprint density at radius 2 is 2.35 bits per heavy atom. The van der Waals surface area contributed by atoms with Crippen LogP contribution in [0, 0.1) is 11.3 Å². The Hall–Kier alpha value is -1.54. The van der Waals surface area contributed by atoms with Gasteiger partial charge in [-0.1, -0.05) is 22.9 Å². The van der Waals surface area contributed by atoms with E-state index in [2.05, 4.69) is 27.3 Å². The van der Waals surface area contributed by atoms with Crippen LogP contribution in [0.1, 0.15) is 25.3 Å². The van der Waals surface area contributed by atoms with Gasteiger partial charge in [-0.2, -0.15) is 5.26 Å². The molecule has 17 heavy (non-hydrogen) atoms. The number of hydrogen-bond donors (Lipinski definition) is 2. The van der Waals surface area contributed by atoms with Crippen molar-refractivity contribution in [2.45, 2.75) is 25.8 Å². The molecule has 0 spiro atoms. The summed E-state index contributed by atoms with van der Waals surface area (Å²) in [5, 5.41) is 20.8. The third-order valence-electron chi connectivity index (χ3n) is 2.38. The summed E-state index contributed by atoms with van der Waals surface area (Å²) in [4.78, 5) is 10.7. The minimum absolute atomic E-state index is 0.0391. The quantitative estimate of drug-likeness (QED) is 0.876. The molecule has 1 aromatic carbocycles. The first-order valence-corrected chi connectivity index (χ1v) is 6.04. The van der Waals surface area contributed by atoms with Crippen molar-refractivity contribution in [2.75, 3.05) is 5.32 Å². The van der Waals surface area contributed by atoms with Gasteiger partial charge in [-0.05, 0) is 24.6 Å². The molecule has 1 aromatic rings. The molecule has 0 bridgehead atoms. The summed E-state index contributed by atoms with van der Waals surface area (Å²) in [6.07, 6.45) is 0.727. The van der Waals surface area contributed by atoms with Gasteiger partial charge in [-0.15, -0.1) is 0 Å². The third-order valence-corrected chi connectivity index (χ3v) is 2.87. The Labute approximate surface area is 108 Å². The van der Waals surface area contributed by atoms with Crippen LogP contribution in [0.5, 0.6) is 0 Å². The highest BCUT2D eigenvalue weighted by molar-refractivity contribution is 9.10. The van der Waals surface area contributed by atoms with Gasteiger partial charge in [0.1, 0.15) is 6.07 Å². The van der Waals surface area contributed by atoms with Gasteiger partial charge in [0.25, 0.3) is 0 Å². The second-order valence-corrected chi connectivity index (χ2v) is 4.56. The number of carbonyl (C=O) groups is 1. The van der Waals surface area contributed by atoms with E-state index in [0.29, 0.717) is 17.7 Å². The maximum atomic E-state index is 10.7. The lowest BCUT2D eigenvalue weighted by Crippen LogP contribution is -2.22. The second kappa shape index (κ2) is 6.26. The molecule has 0 aliphatic heterocycles. The number of halogens is 1. The molecule has 0 aliphatic rings. The summed E-state index contributed by atoms with van der Waals surface area (Å²) in [5.74, 6) is -0.847. The molecule has 1 unspecified atom stereocenters. The lowest BCUT2D eigenvalue weighted by Gasteiger charge is -2.17. The van der Waals surface area contributed by atoms with Gasteiger partial charge in [0.15, 0.2) is 0 Å². The predicted molar refractivity (Wildman–Crippen MR) is 68.8 cm³/mol. The lowest BCUT2D eigenvalue weighted by molar-refractivity contribution is -0.137.